The number of halogens is 4. The molecule has 0 aliphatic heterocycles. The van der Waals surface area contributed by atoms with Crippen LogP contribution >= 0.6 is 15.9 Å². The van der Waals surface area contributed by atoms with E-state index in [4.69, 9.17) is 14.6 Å². The van der Waals surface area contributed by atoms with Crippen LogP contribution in [-0.4, -0.2) is 38.2 Å². The fourth-order valence-corrected chi connectivity index (χ4v) is 2.13. The predicted molar refractivity (Wildman–Crippen MR) is 73.6 cm³/mol. The van der Waals surface area contributed by atoms with E-state index in [1.165, 1.54) is 7.11 Å². The monoisotopic (exact) mass is 372 g/mol. The van der Waals surface area contributed by atoms with Crippen molar-refractivity contribution in [2.75, 3.05) is 26.9 Å². The summed E-state index contributed by atoms with van der Waals surface area (Å²) in [5.41, 5.74) is 0.652. The van der Waals surface area contributed by atoms with Crippen LogP contribution in [0, 0.1) is 0 Å². The van der Waals surface area contributed by atoms with Gasteiger partial charge in [-0.1, -0.05) is 0 Å². The van der Waals surface area contributed by atoms with E-state index in [-0.39, 0.29) is 19.8 Å². The van der Waals surface area contributed by atoms with Crippen LogP contribution in [0.5, 0.6) is 11.5 Å². The SMILES string of the molecule is COc1cc(CO)cc(Br)c1OCCCOCC(F)(F)F. The van der Waals surface area contributed by atoms with Crippen LogP contribution in [0.15, 0.2) is 16.6 Å². The van der Waals surface area contributed by atoms with Crippen molar-refractivity contribution in [1.29, 1.82) is 0 Å². The number of methoxy groups -OCH3 is 1. The Kier molecular flexibility index (Phi) is 7.27. The van der Waals surface area contributed by atoms with E-state index in [0.29, 0.717) is 28.0 Å². The fraction of sp³-hybridized carbons (Fsp3) is 0.538. The van der Waals surface area contributed by atoms with Crippen LogP contribution in [0.1, 0.15) is 12.0 Å². The minimum atomic E-state index is -4.31. The summed E-state index contributed by atoms with van der Waals surface area (Å²) in [4.78, 5) is 0. The van der Waals surface area contributed by atoms with Gasteiger partial charge in [0.2, 0.25) is 0 Å². The number of ether oxygens (including phenoxy) is 3. The summed E-state index contributed by atoms with van der Waals surface area (Å²) in [5.74, 6) is 0.871. The van der Waals surface area contributed by atoms with E-state index in [2.05, 4.69) is 20.7 Å². The normalized spacial score (nSPS) is 11.5. The summed E-state index contributed by atoms with van der Waals surface area (Å²) in [5, 5.41) is 9.09. The van der Waals surface area contributed by atoms with Crippen molar-refractivity contribution in [3.8, 4) is 11.5 Å². The standard InChI is InChI=1S/C13H16BrF3O4/c1-19-11-6-9(7-18)5-10(14)12(11)21-4-2-3-20-8-13(15,16)17/h5-6,18H,2-4,7-8H2,1H3. The van der Waals surface area contributed by atoms with Crippen LogP contribution < -0.4 is 9.47 Å². The van der Waals surface area contributed by atoms with Crippen LogP contribution in [0.4, 0.5) is 13.2 Å². The number of alkyl halides is 3. The maximum absolute atomic E-state index is 11.9. The molecule has 120 valence electrons. The Labute approximate surface area is 128 Å². The van der Waals surface area contributed by atoms with Gasteiger partial charge in [-0.15, -0.1) is 0 Å². The molecule has 0 fully saturated rings. The molecule has 1 rings (SSSR count). The Hall–Kier alpha value is -0.990. The molecular weight excluding hydrogens is 357 g/mol. The summed E-state index contributed by atoms with van der Waals surface area (Å²) in [6, 6.07) is 3.30. The number of hydrogen-bond acceptors (Lipinski definition) is 4. The van der Waals surface area contributed by atoms with Gasteiger partial charge in [0, 0.05) is 6.42 Å². The highest BCUT2D eigenvalue weighted by Gasteiger charge is 2.27. The van der Waals surface area contributed by atoms with Crippen molar-refractivity contribution in [1.82, 2.24) is 0 Å². The molecule has 0 bridgehead atoms. The van der Waals surface area contributed by atoms with E-state index in [9.17, 15) is 13.2 Å². The average Bonchev–Trinajstić information content (AvgIpc) is 2.42. The predicted octanol–water partition coefficient (Wildman–Crippen LogP) is 3.30. The second-order valence-corrected chi connectivity index (χ2v) is 4.99. The smallest absolute Gasteiger partial charge is 0.411 e. The number of aliphatic hydroxyl groups excluding tert-OH is 1. The first-order chi connectivity index (χ1) is 9.87. The number of benzene rings is 1. The molecular formula is C13H16BrF3O4. The molecule has 1 N–H and O–H groups in total. The lowest BCUT2D eigenvalue weighted by Crippen LogP contribution is -2.18. The second kappa shape index (κ2) is 8.45. The third-order valence-corrected chi connectivity index (χ3v) is 3.01. The second-order valence-electron chi connectivity index (χ2n) is 4.14. The first kappa shape index (κ1) is 18.1. The van der Waals surface area contributed by atoms with Gasteiger partial charge in [-0.25, -0.2) is 0 Å². The van der Waals surface area contributed by atoms with Crippen LogP contribution in [0.3, 0.4) is 0 Å². The van der Waals surface area contributed by atoms with E-state index >= 15 is 0 Å². The summed E-state index contributed by atoms with van der Waals surface area (Å²) >= 11 is 3.29. The third-order valence-electron chi connectivity index (χ3n) is 2.42. The molecule has 0 saturated heterocycles. The molecule has 0 aliphatic carbocycles. The maximum Gasteiger partial charge on any atom is 0.411 e. The van der Waals surface area contributed by atoms with E-state index < -0.39 is 12.8 Å². The Morgan fingerprint density at radius 2 is 1.95 bits per heavy atom. The van der Waals surface area contributed by atoms with E-state index in [1.54, 1.807) is 12.1 Å². The topological polar surface area (TPSA) is 47.9 Å². The van der Waals surface area contributed by atoms with Gasteiger partial charge in [0.1, 0.15) is 6.61 Å². The molecule has 0 amide bonds. The Balaban J connectivity index is 2.45. The molecule has 0 saturated carbocycles. The highest BCUT2D eigenvalue weighted by atomic mass is 79.9. The summed E-state index contributed by atoms with van der Waals surface area (Å²) in [6.45, 7) is -1.26. The van der Waals surface area contributed by atoms with Crippen molar-refractivity contribution >= 4 is 15.9 Å². The highest BCUT2D eigenvalue weighted by molar-refractivity contribution is 9.10. The molecule has 0 aromatic heterocycles. The molecule has 4 nitrogen and oxygen atoms in total. The first-order valence-corrected chi connectivity index (χ1v) is 6.91. The van der Waals surface area contributed by atoms with Crippen LogP contribution in [-0.2, 0) is 11.3 Å². The van der Waals surface area contributed by atoms with Gasteiger partial charge in [-0.3, -0.25) is 0 Å². The van der Waals surface area contributed by atoms with Gasteiger partial charge in [-0.05, 0) is 33.6 Å². The third kappa shape index (κ3) is 6.54. The molecule has 1 aromatic carbocycles. The Bertz CT molecular complexity index is 452. The van der Waals surface area contributed by atoms with Crippen LogP contribution in [0.25, 0.3) is 0 Å². The molecule has 0 radical (unpaired) electrons. The molecule has 1 aromatic rings. The molecule has 0 heterocycles. The zero-order valence-corrected chi connectivity index (χ0v) is 13.0. The fourth-order valence-electron chi connectivity index (χ4n) is 1.53. The van der Waals surface area contributed by atoms with Crippen molar-refractivity contribution in [3.05, 3.63) is 22.2 Å². The molecule has 21 heavy (non-hydrogen) atoms. The highest BCUT2D eigenvalue weighted by Crippen LogP contribution is 2.36. The van der Waals surface area contributed by atoms with Crippen LogP contribution in [0.2, 0.25) is 0 Å². The Morgan fingerprint density at radius 1 is 1.24 bits per heavy atom. The lowest BCUT2D eigenvalue weighted by molar-refractivity contribution is -0.174. The number of hydrogen-bond donors (Lipinski definition) is 1. The van der Waals surface area contributed by atoms with E-state index in [1.807, 2.05) is 0 Å². The minimum absolute atomic E-state index is 0.0475. The summed E-state index contributed by atoms with van der Waals surface area (Å²) < 4.78 is 51.3. The molecule has 8 heteroatoms. The average molecular weight is 373 g/mol. The molecule has 0 unspecified atom stereocenters. The largest absolute Gasteiger partial charge is 0.493 e. The maximum atomic E-state index is 11.9. The zero-order chi connectivity index (χ0) is 15.9. The van der Waals surface area contributed by atoms with Crippen molar-refractivity contribution in [2.45, 2.75) is 19.2 Å². The summed E-state index contributed by atoms with van der Waals surface area (Å²) in [7, 11) is 1.46. The van der Waals surface area contributed by atoms with Gasteiger partial charge in [-0.2, -0.15) is 13.2 Å². The number of rotatable bonds is 8. The van der Waals surface area contributed by atoms with Gasteiger partial charge >= 0.3 is 6.18 Å². The van der Waals surface area contributed by atoms with Crippen molar-refractivity contribution in [3.63, 3.8) is 0 Å². The van der Waals surface area contributed by atoms with E-state index in [0.717, 1.165) is 0 Å². The van der Waals surface area contributed by atoms with Crippen molar-refractivity contribution in [2.24, 2.45) is 0 Å². The lowest BCUT2D eigenvalue weighted by Gasteiger charge is -2.14. The quantitative estimate of drug-likeness (QED) is 0.711. The number of aliphatic hydroxyl groups is 1. The Morgan fingerprint density at radius 3 is 2.52 bits per heavy atom. The van der Waals surface area contributed by atoms with Gasteiger partial charge in [0.05, 0.1) is 31.4 Å². The molecule has 0 atom stereocenters. The summed E-state index contributed by atoms with van der Waals surface area (Å²) in [6.07, 6.45) is -4.00. The molecule has 0 aliphatic rings. The first-order valence-electron chi connectivity index (χ1n) is 6.12. The van der Waals surface area contributed by atoms with Gasteiger partial charge in [0.25, 0.3) is 0 Å². The van der Waals surface area contributed by atoms with Gasteiger partial charge in [0.15, 0.2) is 11.5 Å². The van der Waals surface area contributed by atoms with Crippen molar-refractivity contribution < 1.29 is 32.5 Å². The van der Waals surface area contributed by atoms with Gasteiger partial charge < -0.3 is 19.3 Å². The molecule has 0 spiro atoms. The lowest BCUT2D eigenvalue weighted by atomic mass is 10.2. The zero-order valence-electron chi connectivity index (χ0n) is 11.4. The minimum Gasteiger partial charge on any atom is -0.493 e.